The number of benzene rings is 3. The van der Waals surface area contributed by atoms with Crippen LogP contribution in [0, 0.1) is 0 Å². The number of aromatic nitrogens is 2. The Hall–Kier alpha value is -3.35. The summed E-state index contributed by atoms with van der Waals surface area (Å²) >= 11 is 7.81. The standard InChI is InChI=1S/C23H15ClN2O3S/c1-28-15-8-10-16(11-9-15)29-17-7-6-14(18(24)13-17)12-21-22(27)26-20-5-3-2-4-19(20)25-23(26)30-21/h2-13H,1H3/b21-12-. The number of hydrogen-bond donors (Lipinski definition) is 0. The number of nitrogens with zero attached hydrogens (tertiary/aromatic N) is 2. The zero-order valence-electron chi connectivity index (χ0n) is 15.8. The van der Waals surface area contributed by atoms with Gasteiger partial charge in [0.05, 0.1) is 27.7 Å². The van der Waals surface area contributed by atoms with Crippen LogP contribution in [0.15, 0.2) is 71.5 Å². The van der Waals surface area contributed by atoms with Crippen LogP contribution in [0.5, 0.6) is 17.2 Å². The van der Waals surface area contributed by atoms with Crippen molar-refractivity contribution >= 4 is 45.0 Å². The van der Waals surface area contributed by atoms with Crippen LogP contribution in [0.2, 0.25) is 5.02 Å². The number of fused-ring (bicyclic) bond motifs is 3. The molecule has 0 saturated carbocycles. The Balaban J connectivity index is 1.49. The molecule has 2 heterocycles. The lowest BCUT2D eigenvalue weighted by Crippen LogP contribution is -2.22. The first-order valence-electron chi connectivity index (χ1n) is 9.15. The number of thiazole rings is 1. The van der Waals surface area contributed by atoms with Crippen LogP contribution < -0.4 is 19.6 Å². The van der Waals surface area contributed by atoms with Crippen LogP contribution >= 0.6 is 22.9 Å². The van der Waals surface area contributed by atoms with Gasteiger partial charge in [-0.1, -0.05) is 35.1 Å². The lowest BCUT2D eigenvalue weighted by molar-refractivity contribution is 0.413. The van der Waals surface area contributed by atoms with Crippen molar-refractivity contribution in [1.82, 2.24) is 9.38 Å². The van der Waals surface area contributed by atoms with Crippen molar-refractivity contribution in [2.45, 2.75) is 0 Å². The van der Waals surface area contributed by atoms with E-state index in [0.29, 0.717) is 26.0 Å². The summed E-state index contributed by atoms with van der Waals surface area (Å²) in [4.78, 5) is 18.1. The second-order valence-corrected chi connectivity index (χ2v) is 8.01. The maximum atomic E-state index is 12.9. The van der Waals surface area contributed by atoms with Crippen LogP contribution in [0.1, 0.15) is 5.56 Å². The van der Waals surface area contributed by atoms with Crippen molar-refractivity contribution in [2.75, 3.05) is 7.11 Å². The molecule has 0 fully saturated rings. The number of halogens is 1. The van der Waals surface area contributed by atoms with Gasteiger partial charge in [-0.15, -0.1) is 0 Å². The van der Waals surface area contributed by atoms with Crippen LogP contribution in [0.4, 0.5) is 0 Å². The first-order valence-corrected chi connectivity index (χ1v) is 10.3. The van der Waals surface area contributed by atoms with Gasteiger partial charge in [0.1, 0.15) is 17.2 Å². The minimum absolute atomic E-state index is 0.0988. The molecule has 5 rings (SSSR count). The first-order chi connectivity index (χ1) is 14.6. The van der Waals surface area contributed by atoms with E-state index in [1.807, 2.05) is 60.7 Å². The van der Waals surface area contributed by atoms with Crippen LogP contribution in [0.3, 0.4) is 0 Å². The molecule has 7 heteroatoms. The molecule has 5 aromatic rings. The highest BCUT2D eigenvalue weighted by molar-refractivity contribution is 7.15. The summed E-state index contributed by atoms with van der Waals surface area (Å²) in [5.74, 6) is 2.04. The summed E-state index contributed by atoms with van der Waals surface area (Å²) in [7, 11) is 1.62. The predicted octanol–water partition coefficient (Wildman–Crippen LogP) is 4.91. The Kier molecular flexibility index (Phi) is 4.65. The summed E-state index contributed by atoms with van der Waals surface area (Å²) in [6.45, 7) is 0. The molecule has 0 N–H and O–H groups in total. The molecular weight excluding hydrogens is 420 g/mol. The van der Waals surface area contributed by atoms with E-state index in [1.54, 1.807) is 23.7 Å². The summed E-state index contributed by atoms with van der Waals surface area (Å²) < 4.78 is 13.2. The van der Waals surface area contributed by atoms with Gasteiger partial charge in [0.15, 0.2) is 4.96 Å². The molecule has 0 unspecified atom stereocenters. The van der Waals surface area contributed by atoms with E-state index in [9.17, 15) is 4.79 Å². The predicted molar refractivity (Wildman–Crippen MR) is 120 cm³/mol. The average molecular weight is 435 g/mol. The van der Waals surface area contributed by atoms with E-state index in [0.717, 1.165) is 22.3 Å². The van der Waals surface area contributed by atoms with E-state index in [-0.39, 0.29) is 5.56 Å². The molecule has 2 aromatic heterocycles. The molecular formula is C23H15ClN2O3S. The van der Waals surface area contributed by atoms with E-state index in [4.69, 9.17) is 21.1 Å². The highest BCUT2D eigenvalue weighted by atomic mass is 35.5. The van der Waals surface area contributed by atoms with Crippen molar-refractivity contribution in [2.24, 2.45) is 0 Å². The minimum Gasteiger partial charge on any atom is -0.497 e. The molecule has 0 aliphatic rings. The Bertz CT molecular complexity index is 1490. The number of hydrogen-bond acceptors (Lipinski definition) is 5. The Labute approximate surface area is 180 Å². The van der Waals surface area contributed by atoms with Crippen LogP contribution in [0.25, 0.3) is 22.1 Å². The molecule has 0 atom stereocenters. The maximum absolute atomic E-state index is 12.9. The van der Waals surface area contributed by atoms with Gasteiger partial charge in [-0.25, -0.2) is 9.38 Å². The minimum atomic E-state index is -0.0988. The van der Waals surface area contributed by atoms with Gasteiger partial charge in [0, 0.05) is 0 Å². The highest BCUT2D eigenvalue weighted by Gasteiger charge is 2.11. The largest absolute Gasteiger partial charge is 0.497 e. The summed E-state index contributed by atoms with van der Waals surface area (Å²) in [5.41, 5.74) is 2.26. The van der Waals surface area contributed by atoms with Crippen molar-refractivity contribution < 1.29 is 9.47 Å². The van der Waals surface area contributed by atoms with Crippen molar-refractivity contribution in [3.8, 4) is 17.2 Å². The molecule has 0 bridgehead atoms. The van der Waals surface area contributed by atoms with E-state index >= 15 is 0 Å². The SMILES string of the molecule is COc1ccc(Oc2ccc(/C=c3\sc4nc5ccccc5n4c3=O)c(Cl)c2)cc1. The number of imidazole rings is 1. The molecule has 148 valence electrons. The molecule has 5 nitrogen and oxygen atoms in total. The monoisotopic (exact) mass is 434 g/mol. The van der Waals surface area contributed by atoms with Gasteiger partial charge in [-0.2, -0.15) is 0 Å². The van der Waals surface area contributed by atoms with Gasteiger partial charge in [0.2, 0.25) is 0 Å². The molecule has 0 radical (unpaired) electrons. The lowest BCUT2D eigenvalue weighted by atomic mass is 10.2. The molecule has 0 aliphatic carbocycles. The van der Waals surface area contributed by atoms with E-state index in [2.05, 4.69) is 4.98 Å². The Morgan fingerprint density at radius 3 is 2.50 bits per heavy atom. The summed E-state index contributed by atoms with van der Waals surface area (Å²) in [5, 5.41) is 0.497. The van der Waals surface area contributed by atoms with Gasteiger partial charge in [-0.05, 0) is 66.2 Å². The molecule has 30 heavy (non-hydrogen) atoms. The Morgan fingerprint density at radius 1 is 1.00 bits per heavy atom. The zero-order chi connectivity index (χ0) is 20.7. The fourth-order valence-electron chi connectivity index (χ4n) is 3.22. The molecule has 0 amide bonds. The van der Waals surface area contributed by atoms with Gasteiger partial charge < -0.3 is 9.47 Å². The second-order valence-electron chi connectivity index (χ2n) is 6.60. The maximum Gasteiger partial charge on any atom is 0.274 e. The zero-order valence-corrected chi connectivity index (χ0v) is 17.4. The first kappa shape index (κ1) is 18.7. The fourth-order valence-corrected chi connectivity index (χ4v) is 4.42. The fraction of sp³-hybridized carbons (Fsp3) is 0.0435. The van der Waals surface area contributed by atoms with Gasteiger partial charge in [0.25, 0.3) is 5.56 Å². The smallest absolute Gasteiger partial charge is 0.274 e. The van der Waals surface area contributed by atoms with Crippen molar-refractivity contribution in [3.05, 3.63) is 92.2 Å². The second kappa shape index (κ2) is 7.48. The van der Waals surface area contributed by atoms with Crippen molar-refractivity contribution in [1.29, 1.82) is 0 Å². The normalized spacial score (nSPS) is 12.0. The molecule has 0 spiro atoms. The summed E-state index contributed by atoms with van der Waals surface area (Å²) in [6, 6.07) is 20.3. The quantitative estimate of drug-likeness (QED) is 0.403. The third kappa shape index (κ3) is 3.30. The van der Waals surface area contributed by atoms with Gasteiger partial charge >= 0.3 is 0 Å². The Morgan fingerprint density at radius 2 is 1.73 bits per heavy atom. The highest BCUT2D eigenvalue weighted by Crippen LogP contribution is 2.28. The number of rotatable bonds is 4. The molecule has 0 aliphatic heterocycles. The number of methoxy groups -OCH3 is 1. The number of ether oxygens (including phenoxy) is 2. The van der Waals surface area contributed by atoms with Gasteiger partial charge in [-0.3, -0.25) is 4.79 Å². The van der Waals surface area contributed by atoms with E-state index < -0.39 is 0 Å². The van der Waals surface area contributed by atoms with E-state index in [1.165, 1.54) is 11.3 Å². The third-order valence-corrected chi connectivity index (χ3v) is 5.99. The topological polar surface area (TPSA) is 52.8 Å². The molecule has 3 aromatic carbocycles. The van der Waals surface area contributed by atoms with Crippen molar-refractivity contribution in [3.63, 3.8) is 0 Å². The third-order valence-electron chi connectivity index (χ3n) is 4.70. The number of para-hydroxylation sites is 2. The average Bonchev–Trinajstić information content (AvgIpc) is 3.27. The lowest BCUT2D eigenvalue weighted by Gasteiger charge is -2.08. The van der Waals surface area contributed by atoms with Crippen LogP contribution in [-0.2, 0) is 0 Å². The van der Waals surface area contributed by atoms with Crippen LogP contribution in [-0.4, -0.2) is 16.5 Å². The molecule has 0 saturated heterocycles. The summed E-state index contributed by atoms with van der Waals surface area (Å²) in [6.07, 6.45) is 1.79.